The predicted molar refractivity (Wildman–Crippen MR) is 93.9 cm³/mol. The maximum Gasteiger partial charge on any atom is 0.261 e. The number of benzene rings is 2. The zero-order chi connectivity index (χ0) is 18.0. The average Bonchev–Trinajstić information content (AvgIpc) is 3.01. The van der Waals surface area contributed by atoms with Crippen molar-refractivity contribution in [1.82, 2.24) is 4.98 Å². The molecule has 0 aliphatic heterocycles. The molecule has 1 aromatic heterocycles. The molecule has 0 aliphatic carbocycles. The van der Waals surface area contributed by atoms with E-state index >= 15 is 0 Å². The first-order valence-corrected chi connectivity index (χ1v) is 9.00. The normalized spacial score (nSPS) is 11.3. The van der Waals surface area contributed by atoms with E-state index < -0.39 is 10.0 Å². The van der Waals surface area contributed by atoms with Gasteiger partial charge in [0.15, 0.2) is 11.7 Å². The van der Waals surface area contributed by atoms with Crippen molar-refractivity contribution >= 4 is 21.5 Å². The molecule has 1 N–H and O–H groups in total. The van der Waals surface area contributed by atoms with Gasteiger partial charge < -0.3 is 4.42 Å². The molecule has 2 aromatic carbocycles. The van der Waals surface area contributed by atoms with Crippen LogP contribution in [-0.2, 0) is 10.0 Å². The van der Waals surface area contributed by atoms with Gasteiger partial charge >= 0.3 is 0 Å². The number of rotatable bonds is 5. The number of carbonyl (C=O) groups excluding carboxylic acids is 1. The van der Waals surface area contributed by atoms with Crippen LogP contribution >= 0.6 is 0 Å². The number of aromatic nitrogens is 1. The molecule has 0 saturated carbocycles. The Morgan fingerprint density at radius 1 is 1.12 bits per heavy atom. The molecule has 0 fully saturated rings. The number of aryl methyl sites for hydroxylation is 1. The van der Waals surface area contributed by atoms with Crippen molar-refractivity contribution in [2.75, 3.05) is 4.72 Å². The van der Waals surface area contributed by atoms with E-state index in [9.17, 15) is 13.2 Å². The van der Waals surface area contributed by atoms with Gasteiger partial charge in [0.25, 0.3) is 10.0 Å². The summed E-state index contributed by atoms with van der Waals surface area (Å²) in [6, 6.07) is 12.7. The van der Waals surface area contributed by atoms with E-state index in [1.165, 1.54) is 31.4 Å². The summed E-state index contributed by atoms with van der Waals surface area (Å²) >= 11 is 0. The first-order valence-electron chi connectivity index (χ1n) is 7.51. The van der Waals surface area contributed by atoms with Crippen LogP contribution in [0.2, 0.25) is 0 Å². The van der Waals surface area contributed by atoms with Crippen molar-refractivity contribution in [2.24, 2.45) is 0 Å². The smallest absolute Gasteiger partial charge is 0.261 e. The molecular weight excluding hydrogens is 340 g/mol. The maximum absolute atomic E-state index is 12.5. The van der Waals surface area contributed by atoms with Crippen LogP contribution in [0.5, 0.6) is 0 Å². The highest BCUT2D eigenvalue weighted by molar-refractivity contribution is 7.92. The summed E-state index contributed by atoms with van der Waals surface area (Å²) in [4.78, 5) is 15.7. The Morgan fingerprint density at radius 2 is 1.84 bits per heavy atom. The highest BCUT2D eigenvalue weighted by atomic mass is 32.2. The van der Waals surface area contributed by atoms with E-state index in [2.05, 4.69) is 9.71 Å². The molecule has 25 heavy (non-hydrogen) atoms. The van der Waals surface area contributed by atoms with Crippen LogP contribution in [0.4, 0.5) is 5.69 Å². The zero-order valence-electron chi connectivity index (χ0n) is 13.7. The van der Waals surface area contributed by atoms with Gasteiger partial charge in [-0.1, -0.05) is 24.3 Å². The molecule has 128 valence electrons. The molecule has 3 aromatic rings. The fourth-order valence-corrected chi connectivity index (χ4v) is 3.37. The van der Waals surface area contributed by atoms with Gasteiger partial charge in [-0.3, -0.25) is 9.52 Å². The van der Waals surface area contributed by atoms with Crippen molar-refractivity contribution in [3.05, 3.63) is 66.2 Å². The first-order chi connectivity index (χ1) is 11.8. The highest BCUT2D eigenvalue weighted by Crippen LogP contribution is 2.22. The lowest BCUT2D eigenvalue weighted by molar-refractivity contribution is 0.101. The summed E-state index contributed by atoms with van der Waals surface area (Å²) in [6.07, 6.45) is 1.52. The Hall–Kier alpha value is -2.93. The van der Waals surface area contributed by atoms with Crippen LogP contribution in [0.25, 0.3) is 11.3 Å². The van der Waals surface area contributed by atoms with Crippen LogP contribution in [0.1, 0.15) is 23.2 Å². The lowest BCUT2D eigenvalue weighted by Crippen LogP contribution is -2.13. The van der Waals surface area contributed by atoms with E-state index in [4.69, 9.17) is 4.42 Å². The second-order valence-electron chi connectivity index (χ2n) is 5.52. The highest BCUT2D eigenvalue weighted by Gasteiger charge is 2.15. The van der Waals surface area contributed by atoms with Crippen molar-refractivity contribution < 1.29 is 17.6 Å². The maximum atomic E-state index is 12.5. The van der Waals surface area contributed by atoms with E-state index in [0.717, 1.165) is 5.56 Å². The molecule has 0 amide bonds. The van der Waals surface area contributed by atoms with Gasteiger partial charge in [-0.25, -0.2) is 13.4 Å². The Labute approximate surface area is 145 Å². The minimum atomic E-state index is -3.75. The SMILES string of the molecule is CC(=O)c1cccc(NS(=O)(=O)c2ccc(-c3coc(C)n3)cc2)c1. The summed E-state index contributed by atoms with van der Waals surface area (Å²) in [5.74, 6) is 0.409. The molecule has 6 nitrogen and oxygen atoms in total. The predicted octanol–water partition coefficient (Wildman–Crippen LogP) is 3.65. The Balaban J connectivity index is 1.85. The lowest BCUT2D eigenvalue weighted by Gasteiger charge is -2.09. The summed E-state index contributed by atoms with van der Waals surface area (Å²) in [5.41, 5.74) is 2.18. The summed E-state index contributed by atoms with van der Waals surface area (Å²) < 4.78 is 32.6. The van der Waals surface area contributed by atoms with Gasteiger partial charge in [-0.15, -0.1) is 0 Å². The van der Waals surface area contributed by atoms with E-state index in [1.807, 2.05) is 0 Å². The van der Waals surface area contributed by atoms with Crippen LogP contribution in [-0.4, -0.2) is 19.2 Å². The number of hydrogen-bond donors (Lipinski definition) is 1. The van der Waals surface area contributed by atoms with Crippen molar-refractivity contribution in [2.45, 2.75) is 18.7 Å². The number of hydrogen-bond acceptors (Lipinski definition) is 5. The van der Waals surface area contributed by atoms with Crippen LogP contribution in [0, 0.1) is 6.92 Å². The van der Waals surface area contributed by atoms with Gasteiger partial charge in [-0.2, -0.15) is 0 Å². The lowest BCUT2D eigenvalue weighted by atomic mass is 10.1. The molecule has 3 rings (SSSR count). The molecule has 0 saturated heterocycles. The zero-order valence-corrected chi connectivity index (χ0v) is 14.5. The molecule has 0 atom stereocenters. The number of sulfonamides is 1. The molecule has 0 unspecified atom stereocenters. The fourth-order valence-electron chi connectivity index (χ4n) is 2.32. The van der Waals surface area contributed by atoms with E-state index in [0.29, 0.717) is 22.8 Å². The van der Waals surface area contributed by atoms with Gasteiger partial charge in [-0.05, 0) is 31.2 Å². The third-order valence-electron chi connectivity index (χ3n) is 3.60. The number of nitrogens with zero attached hydrogens (tertiary/aromatic N) is 1. The van der Waals surface area contributed by atoms with Crippen LogP contribution in [0.3, 0.4) is 0 Å². The van der Waals surface area contributed by atoms with Crippen LogP contribution in [0.15, 0.2) is 64.1 Å². The van der Waals surface area contributed by atoms with E-state index in [-0.39, 0.29) is 10.7 Å². The number of oxazole rings is 1. The van der Waals surface area contributed by atoms with Gasteiger partial charge in [0.1, 0.15) is 12.0 Å². The first kappa shape index (κ1) is 16.9. The number of carbonyl (C=O) groups is 1. The average molecular weight is 356 g/mol. The molecule has 7 heteroatoms. The van der Waals surface area contributed by atoms with Gasteiger partial charge in [0.2, 0.25) is 0 Å². The quantitative estimate of drug-likeness (QED) is 0.705. The standard InChI is InChI=1S/C18H16N2O4S/c1-12(21)15-4-3-5-16(10-15)20-25(22,23)17-8-6-14(7-9-17)18-11-24-13(2)19-18/h3-11,20H,1-2H3. The molecule has 0 aliphatic rings. The second-order valence-corrected chi connectivity index (χ2v) is 7.20. The summed E-state index contributed by atoms with van der Waals surface area (Å²) in [5, 5.41) is 0. The second kappa shape index (κ2) is 6.52. The van der Waals surface area contributed by atoms with Crippen molar-refractivity contribution in [3.63, 3.8) is 0 Å². The molecular formula is C18H16N2O4S. The van der Waals surface area contributed by atoms with E-state index in [1.54, 1.807) is 37.3 Å². The topological polar surface area (TPSA) is 89.3 Å². The molecule has 1 heterocycles. The molecule has 0 bridgehead atoms. The van der Waals surface area contributed by atoms with Gasteiger partial charge in [0, 0.05) is 23.7 Å². The Bertz CT molecular complexity index is 1020. The fraction of sp³-hybridized carbons (Fsp3) is 0.111. The molecule has 0 radical (unpaired) electrons. The number of anilines is 1. The van der Waals surface area contributed by atoms with Crippen molar-refractivity contribution in [3.8, 4) is 11.3 Å². The Kier molecular flexibility index (Phi) is 4.41. The molecule has 0 spiro atoms. The third kappa shape index (κ3) is 3.77. The van der Waals surface area contributed by atoms with Gasteiger partial charge in [0.05, 0.1) is 4.90 Å². The monoisotopic (exact) mass is 356 g/mol. The summed E-state index contributed by atoms with van der Waals surface area (Å²) in [7, 11) is -3.75. The Morgan fingerprint density at radius 3 is 2.44 bits per heavy atom. The third-order valence-corrected chi connectivity index (χ3v) is 5.00. The summed E-state index contributed by atoms with van der Waals surface area (Å²) in [6.45, 7) is 3.17. The number of ketones is 1. The van der Waals surface area contributed by atoms with Crippen LogP contribution < -0.4 is 4.72 Å². The largest absolute Gasteiger partial charge is 0.449 e. The minimum absolute atomic E-state index is 0.115. The minimum Gasteiger partial charge on any atom is -0.449 e. The number of Topliss-reactive ketones (excluding diaryl/α,β-unsaturated/α-hetero) is 1. The van der Waals surface area contributed by atoms with Crippen molar-refractivity contribution in [1.29, 1.82) is 0 Å². The number of nitrogens with one attached hydrogen (secondary N) is 1.